The van der Waals surface area contributed by atoms with Gasteiger partial charge in [-0.1, -0.05) is 35.9 Å². The second-order valence-electron chi connectivity index (χ2n) is 5.34. The van der Waals surface area contributed by atoms with E-state index in [1.807, 2.05) is 12.1 Å². The molecule has 1 aliphatic heterocycles. The number of rotatable bonds is 5. The largest absolute Gasteiger partial charge is 0.482 e. The van der Waals surface area contributed by atoms with Crippen molar-refractivity contribution in [2.75, 3.05) is 18.1 Å². The number of para-hydroxylation sites is 2. The van der Waals surface area contributed by atoms with Gasteiger partial charge in [-0.15, -0.1) is 0 Å². The van der Waals surface area contributed by atoms with E-state index in [1.165, 1.54) is 0 Å². The summed E-state index contributed by atoms with van der Waals surface area (Å²) in [4.78, 5) is 25.5. The summed E-state index contributed by atoms with van der Waals surface area (Å²) in [6, 6.07) is 14.4. The lowest BCUT2D eigenvalue weighted by Gasteiger charge is -2.28. The van der Waals surface area contributed by atoms with Crippen LogP contribution in [0.2, 0.25) is 5.02 Å². The van der Waals surface area contributed by atoms with Crippen molar-refractivity contribution in [3.63, 3.8) is 0 Å². The molecule has 0 spiro atoms. The summed E-state index contributed by atoms with van der Waals surface area (Å²) in [5.41, 5.74) is 1.54. The summed E-state index contributed by atoms with van der Waals surface area (Å²) >= 11 is 5.81. The molecule has 0 unspecified atom stereocenters. The fourth-order valence-electron chi connectivity index (χ4n) is 2.42. The first-order valence-electron chi connectivity index (χ1n) is 7.56. The Balaban J connectivity index is 1.54. The number of halogens is 1. The Bertz CT molecular complexity index is 745. The lowest BCUT2D eigenvalue weighted by Crippen LogP contribution is -2.40. The predicted octanol–water partition coefficient (Wildman–Crippen LogP) is 3.20. The van der Waals surface area contributed by atoms with Gasteiger partial charge in [-0.3, -0.25) is 9.59 Å². The topological polar surface area (TPSA) is 55.8 Å². The Hall–Kier alpha value is -2.53. The summed E-state index contributed by atoms with van der Waals surface area (Å²) in [6.07, 6.45) is 0.119. The Morgan fingerprint density at radius 2 is 1.92 bits per heavy atom. The third-order valence-corrected chi connectivity index (χ3v) is 3.91. The van der Waals surface area contributed by atoms with E-state index in [9.17, 15) is 9.59 Å². The van der Waals surface area contributed by atoms with Crippen LogP contribution in [-0.4, -0.2) is 25.0 Å². The van der Waals surface area contributed by atoms with Gasteiger partial charge in [0.15, 0.2) is 6.61 Å². The molecule has 24 heavy (non-hydrogen) atoms. The van der Waals surface area contributed by atoms with Gasteiger partial charge in [-0.05, 0) is 29.8 Å². The van der Waals surface area contributed by atoms with E-state index in [1.54, 1.807) is 41.3 Å². The maximum Gasteiger partial charge on any atom is 0.307 e. The number of nitrogens with zero attached hydrogens (tertiary/aromatic N) is 1. The molecule has 6 heteroatoms. The highest BCUT2D eigenvalue weighted by atomic mass is 35.5. The van der Waals surface area contributed by atoms with Crippen molar-refractivity contribution < 1.29 is 19.1 Å². The summed E-state index contributed by atoms with van der Waals surface area (Å²) in [7, 11) is 0. The normalized spacial score (nSPS) is 13.2. The van der Waals surface area contributed by atoms with Crippen LogP contribution in [0.4, 0.5) is 5.69 Å². The summed E-state index contributed by atoms with van der Waals surface area (Å²) in [5, 5.41) is 0.634. The highest BCUT2D eigenvalue weighted by molar-refractivity contribution is 6.30. The van der Waals surface area contributed by atoms with Gasteiger partial charge in [-0.2, -0.15) is 0 Å². The Labute approximate surface area is 144 Å². The lowest BCUT2D eigenvalue weighted by molar-refractivity contribution is -0.144. The summed E-state index contributed by atoms with van der Waals surface area (Å²) in [5.74, 6) is 0.118. The van der Waals surface area contributed by atoms with Crippen LogP contribution in [0.1, 0.15) is 12.0 Å². The van der Waals surface area contributed by atoms with Gasteiger partial charge in [0.2, 0.25) is 0 Å². The van der Waals surface area contributed by atoms with Crippen LogP contribution in [0.25, 0.3) is 0 Å². The van der Waals surface area contributed by atoms with Crippen LogP contribution in [0.3, 0.4) is 0 Å². The minimum Gasteiger partial charge on any atom is -0.482 e. The molecule has 1 amide bonds. The molecule has 0 aliphatic carbocycles. The molecule has 0 radical (unpaired) electrons. The van der Waals surface area contributed by atoms with Gasteiger partial charge in [0.05, 0.1) is 12.1 Å². The fraction of sp³-hybridized carbons (Fsp3) is 0.222. The van der Waals surface area contributed by atoms with Gasteiger partial charge in [-0.25, -0.2) is 0 Å². The van der Waals surface area contributed by atoms with Gasteiger partial charge in [0.1, 0.15) is 12.4 Å². The molecule has 0 atom stereocenters. The second kappa shape index (κ2) is 7.36. The molecule has 2 aromatic carbocycles. The van der Waals surface area contributed by atoms with E-state index in [4.69, 9.17) is 21.1 Å². The number of hydrogen-bond donors (Lipinski definition) is 0. The molecule has 2 aromatic rings. The lowest BCUT2D eigenvalue weighted by atomic mass is 10.2. The predicted molar refractivity (Wildman–Crippen MR) is 90.2 cm³/mol. The van der Waals surface area contributed by atoms with Gasteiger partial charge >= 0.3 is 5.97 Å². The van der Waals surface area contributed by atoms with Gasteiger partial charge < -0.3 is 14.4 Å². The minimum atomic E-state index is -0.360. The molecule has 5 nitrogen and oxygen atoms in total. The quantitative estimate of drug-likeness (QED) is 0.781. The van der Waals surface area contributed by atoms with E-state index in [0.717, 1.165) is 5.56 Å². The first kappa shape index (κ1) is 16.3. The second-order valence-corrected chi connectivity index (χ2v) is 5.78. The number of hydrogen-bond acceptors (Lipinski definition) is 4. The Kier molecular flexibility index (Phi) is 5.01. The molecule has 124 valence electrons. The highest BCUT2D eigenvalue weighted by Crippen LogP contribution is 2.31. The molecule has 0 saturated carbocycles. The molecule has 0 N–H and O–H groups in total. The standard InChI is InChI=1S/C18H16ClNO4/c19-14-7-5-13(6-8-14)11-24-18(22)9-10-20-15-3-1-2-4-16(15)23-12-17(20)21/h1-8H,9-12H2. The Morgan fingerprint density at radius 3 is 2.71 bits per heavy atom. The molecular weight excluding hydrogens is 330 g/mol. The SMILES string of the molecule is O=C(CCN1C(=O)COc2ccccc21)OCc1ccc(Cl)cc1. The molecule has 1 heterocycles. The molecular formula is C18H16ClNO4. The van der Waals surface area contributed by atoms with Crippen molar-refractivity contribution >= 4 is 29.2 Å². The van der Waals surface area contributed by atoms with E-state index in [0.29, 0.717) is 16.5 Å². The summed E-state index contributed by atoms with van der Waals surface area (Å²) in [6.45, 7) is 0.430. The van der Waals surface area contributed by atoms with Crippen molar-refractivity contribution in [1.29, 1.82) is 0 Å². The van der Waals surface area contributed by atoms with Crippen molar-refractivity contribution in [1.82, 2.24) is 0 Å². The monoisotopic (exact) mass is 345 g/mol. The smallest absolute Gasteiger partial charge is 0.307 e. The van der Waals surface area contributed by atoms with Crippen LogP contribution in [-0.2, 0) is 20.9 Å². The molecule has 0 bridgehead atoms. The number of fused-ring (bicyclic) bond motifs is 1. The number of carbonyl (C=O) groups excluding carboxylic acids is 2. The van der Waals surface area contributed by atoms with E-state index in [-0.39, 0.29) is 38.1 Å². The van der Waals surface area contributed by atoms with E-state index >= 15 is 0 Å². The van der Waals surface area contributed by atoms with Crippen molar-refractivity contribution in [2.24, 2.45) is 0 Å². The van der Waals surface area contributed by atoms with Crippen molar-refractivity contribution in [3.8, 4) is 5.75 Å². The number of anilines is 1. The van der Waals surface area contributed by atoms with Gasteiger partial charge in [0.25, 0.3) is 5.91 Å². The van der Waals surface area contributed by atoms with Crippen LogP contribution >= 0.6 is 11.6 Å². The molecule has 0 fully saturated rings. The zero-order chi connectivity index (χ0) is 16.9. The highest BCUT2D eigenvalue weighted by Gasteiger charge is 2.25. The fourth-order valence-corrected chi connectivity index (χ4v) is 2.54. The zero-order valence-corrected chi connectivity index (χ0v) is 13.7. The molecule has 3 rings (SSSR count). The molecule has 0 saturated heterocycles. The average Bonchev–Trinajstić information content (AvgIpc) is 2.60. The maximum absolute atomic E-state index is 12.0. The zero-order valence-electron chi connectivity index (χ0n) is 12.9. The minimum absolute atomic E-state index is 0.0170. The number of benzene rings is 2. The first-order valence-corrected chi connectivity index (χ1v) is 7.93. The number of ether oxygens (including phenoxy) is 2. The van der Waals surface area contributed by atoms with Crippen LogP contribution in [0.15, 0.2) is 48.5 Å². The number of carbonyl (C=O) groups is 2. The average molecular weight is 346 g/mol. The molecule has 1 aliphatic rings. The van der Waals surface area contributed by atoms with Gasteiger partial charge in [0, 0.05) is 11.6 Å². The first-order chi connectivity index (χ1) is 11.6. The third kappa shape index (κ3) is 3.86. The van der Waals surface area contributed by atoms with Crippen molar-refractivity contribution in [3.05, 3.63) is 59.1 Å². The maximum atomic E-state index is 12.0. The summed E-state index contributed by atoms with van der Waals surface area (Å²) < 4.78 is 10.6. The van der Waals surface area contributed by atoms with Crippen LogP contribution in [0, 0.1) is 0 Å². The third-order valence-electron chi connectivity index (χ3n) is 3.66. The molecule has 0 aromatic heterocycles. The number of amides is 1. The van der Waals surface area contributed by atoms with Crippen LogP contribution in [0.5, 0.6) is 5.75 Å². The van der Waals surface area contributed by atoms with Crippen LogP contribution < -0.4 is 9.64 Å². The van der Waals surface area contributed by atoms with E-state index in [2.05, 4.69) is 0 Å². The Morgan fingerprint density at radius 1 is 1.17 bits per heavy atom. The van der Waals surface area contributed by atoms with E-state index < -0.39 is 0 Å². The van der Waals surface area contributed by atoms with Crippen molar-refractivity contribution in [2.45, 2.75) is 13.0 Å². The number of esters is 1.